The Hall–Kier alpha value is -2.77. The number of amides is 1. The fraction of sp³-hybridized carbons (Fsp3) is 0.0526. The van der Waals surface area contributed by atoms with E-state index in [1.54, 1.807) is 24.7 Å². The minimum Gasteiger partial charge on any atom is -0.268 e. The van der Waals surface area contributed by atoms with Crippen molar-refractivity contribution >= 4 is 46.0 Å². The summed E-state index contributed by atoms with van der Waals surface area (Å²) in [5, 5.41) is 4.37. The molecule has 128 valence electrons. The lowest BCUT2D eigenvalue weighted by atomic mass is 10.2. The number of anilines is 1. The van der Waals surface area contributed by atoms with E-state index in [0.29, 0.717) is 21.5 Å². The van der Waals surface area contributed by atoms with E-state index in [2.05, 4.69) is 22.2 Å². The third-order valence-corrected chi connectivity index (χ3v) is 5.14. The molecule has 0 spiro atoms. The molecule has 3 aromatic rings. The number of nitrogens with zero attached hydrogens (tertiary/aromatic N) is 4. The lowest BCUT2D eigenvalue weighted by molar-refractivity contribution is -0.113. The van der Waals surface area contributed by atoms with Crippen molar-refractivity contribution < 1.29 is 4.79 Å². The summed E-state index contributed by atoms with van der Waals surface area (Å²) in [7, 11) is 0. The molecule has 0 atom stereocenters. The molecule has 1 aromatic carbocycles. The van der Waals surface area contributed by atoms with Crippen LogP contribution in [0.5, 0.6) is 0 Å². The fourth-order valence-electron chi connectivity index (χ4n) is 2.64. The van der Waals surface area contributed by atoms with Gasteiger partial charge in [0.2, 0.25) is 0 Å². The van der Waals surface area contributed by atoms with Crippen molar-refractivity contribution in [1.82, 2.24) is 14.8 Å². The summed E-state index contributed by atoms with van der Waals surface area (Å²) in [4.78, 5) is 18.9. The Morgan fingerprint density at radius 3 is 2.73 bits per heavy atom. The average molecular weight is 378 g/mol. The summed E-state index contributed by atoms with van der Waals surface area (Å²) in [5.74, 6) is -0.135. The van der Waals surface area contributed by atoms with Crippen LogP contribution in [0.15, 0.2) is 72.2 Å². The van der Waals surface area contributed by atoms with Gasteiger partial charge in [-0.3, -0.25) is 19.4 Å². The molecule has 5 nitrogen and oxygen atoms in total. The molecule has 1 amide bonds. The Kier molecular flexibility index (Phi) is 4.64. The highest BCUT2D eigenvalue weighted by molar-refractivity contribution is 8.27. The van der Waals surface area contributed by atoms with Gasteiger partial charge in [-0.1, -0.05) is 54.3 Å². The van der Waals surface area contributed by atoms with Gasteiger partial charge < -0.3 is 0 Å². The monoisotopic (exact) mass is 378 g/mol. The van der Waals surface area contributed by atoms with Crippen molar-refractivity contribution in [3.63, 3.8) is 0 Å². The van der Waals surface area contributed by atoms with Gasteiger partial charge in [0.25, 0.3) is 5.91 Å². The summed E-state index contributed by atoms with van der Waals surface area (Å²) >= 11 is 6.65. The molecular weight excluding hydrogens is 364 g/mol. The second kappa shape index (κ2) is 7.23. The van der Waals surface area contributed by atoms with Crippen molar-refractivity contribution in [1.29, 1.82) is 0 Å². The molecule has 0 bridgehead atoms. The predicted octanol–water partition coefficient (Wildman–Crippen LogP) is 3.73. The molecule has 0 saturated carbocycles. The summed E-state index contributed by atoms with van der Waals surface area (Å²) in [6, 6.07) is 13.7. The number of thiocarbonyl (C=S) groups is 1. The van der Waals surface area contributed by atoms with Gasteiger partial charge >= 0.3 is 0 Å². The van der Waals surface area contributed by atoms with E-state index in [4.69, 9.17) is 12.2 Å². The van der Waals surface area contributed by atoms with Crippen LogP contribution < -0.4 is 4.90 Å². The Morgan fingerprint density at radius 2 is 1.96 bits per heavy atom. The Balaban J connectivity index is 1.54. The normalized spacial score (nSPS) is 15.8. The first-order chi connectivity index (χ1) is 12.7. The number of carbonyl (C=O) groups excluding carboxylic acids is 1. The van der Waals surface area contributed by atoms with E-state index >= 15 is 0 Å². The lowest BCUT2D eigenvalue weighted by Gasteiger charge is -2.13. The zero-order valence-corrected chi connectivity index (χ0v) is 15.3. The van der Waals surface area contributed by atoms with Crippen LogP contribution in [-0.4, -0.2) is 25.0 Å². The Morgan fingerprint density at radius 1 is 1.12 bits per heavy atom. The van der Waals surface area contributed by atoms with Gasteiger partial charge in [0.05, 0.1) is 29.5 Å². The van der Waals surface area contributed by atoms with E-state index in [-0.39, 0.29) is 5.91 Å². The summed E-state index contributed by atoms with van der Waals surface area (Å²) in [6.45, 7) is 0.686. The van der Waals surface area contributed by atoms with Crippen molar-refractivity contribution in [2.24, 2.45) is 0 Å². The maximum atomic E-state index is 12.7. The van der Waals surface area contributed by atoms with E-state index in [1.807, 2.05) is 41.2 Å². The highest BCUT2D eigenvalue weighted by Gasteiger charge is 2.33. The van der Waals surface area contributed by atoms with Gasteiger partial charge in [-0.05, 0) is 23.8 Å². The van der Waals surface area contributed by atoms with Crippen molar-refractivity contribution in [2.45, 2.75) is 6.54 Å². The number of thioether (sulfide) groups is 1. The van der Waals surface area contributed by atoms with Crippen LogP contribution in [0.25, 0.3) is 6.08 Å². The van der Waals surface area contributed by atoms with Crippen molar-refractivity contribution in [3.8, 4) is 0 Å². The molecule has 0 unspecified atom stereocenters. The molecule has 2 aromatic heterocycles. The summed E-state index contributed by atoms with van der Waals surface area (Å²) < 4.78 is 2.36. The molecule has 7 heteroatoms. The summed E-state index contributed by atoms with van der Waals surface area (Å²) in [6.07, 6.45) is 8.79. The lowest BCUT2D eigenvalue weighted by Crippen LogP contribution is -2.27. The molecule has 0 aliphatic carbocycles. The number of benzene rings is 1. The standard InChI is InChI=1S/C19H14N4OS2/c24-18-17(26-19(25)23(18)16-7-4-8-20-11-16)9-15-10-21-22(13-15)12-14-5-2-1-3-6-14/h1-11,13H,12H2/b17-9+. The van der Waals surface area contributed by atoms with Crippen molar-refractivity contribution in [2.75, 3.05) is 4.90 Å². The van der Waals surface area contributed by atoms with E-state index in [0.717, 1.165) is 5.56 Å². The van der Waals surface area contributed by atoms with Gasteiger partial charge in [-0.2, -0.15) is 5.10 Å². The Labute approximate surface area is 160 Å². The number of rotatable bonds is 4. The van der Waals surface area contributed by atoms with Crippen LogP contribution in [0, 0.1) is 0 Å². The average Bonchev–Trinajstić information content (AvgIpc) is 3.21. The predicted molar refractivity (Wildman–Crippen MR) is 108 cm³/mol. The first-order valence-corrected chi connectivity index (χ1v) is 9.17. The minimum absolute atomic E-state index is 0.135. The zero-order chi connectivity index (χ0) is 17.9. The number of hydrogen-bond acceptors (Lipinski definition) is 5. The topological polar surface area (TPSA) is 51.0 Å². The van der Waals surface area contributed by atoms with Gasteiger partial charge in [0.15, 0.2) is 4.32 Å². The molecule has 0 radical (unpaired) electrons. The maximum absolute atomic E-state index is 12.7. The molecule has 1 aliphatic heterocycles. The maximum Gasteiger partial charge on any atom is 0.270 e. The second-order valence-corrected chi connectivity index (χ2v) is 7.36. The number of hydrogen-bond donors (Lipinski definition) is 0. The van der Waals surface area contributed by atoms with Crippen LogP contribution in [0.2, 0.25) is 0 Å². The quantitative estimate of drug-likeness (QED) is 0.511. The first-order valence-electron chi connectivity index (χ1n) is 7.95. The molecule has 1 aliphatic rings. The molecule has 26 heavy (non-hydrogen) atoms. The van der Waals surface area contributed by atoms with E-state index in [1.165, 1.54) is 22.2 Å². The van der Waals surface area contributed by atoms with Gasteiger partial charge in [0.1, 0.15) is 0 Å². The van der Waals surface area contributed by atoms with Gasteiger partial charge in [0, 0.05) is 18.0 Å². The second-order valence-electron chi connectivity index (χ2n) is 5.69. The third-order valence-electron chi connectivity index (χ3n) is 3.84. The largest absolute Gasteiger partial charge is 0.270 e. The molecular formula is C19H14N4OS2. The third kappa shape index (κ3) is 3.44. The summed E-state index contributed by atoms with van der Waals surface area (Å²) in [5.41, 5.74) is 2.72. The molecule has 0 N–H and O–H groups in total. The van der Waals surface area contributed by atoms with Crippen LogP contribution >= 0.6 is 24.0 Å². The van der Waals surface area contributed by atoms with Crippen LogP contribution in [0.3, 0.4) is 0 Å². The zero-order valence-electron chi connectivity index (χ0n) is 13.6. The molecule has 3 heterocycles. The fourth-order valence-corrected chi connectivity index (χ4v) is 3.94. The number of carbonyl (C=O) groups is 1. The van der Waals surface area contributed by atoms with Gasteiger partial charge in [-0.25, -0.2) is 0 Å². The van der Waals surface area contributed by atoms with E-state index < -0.39 is 0 Å². The molecule has 1 saturated heterocycles. The van der Waals surface area contributed by atoms with Crippen LogP contribution in [-0.2, 0) is 11.3 Å². The number of aromatic nitrogens is 3. The number of pyridine rings is 1. The molecule has 4 rings (SSSR count). The van der Waals surface area contributed by atoms with Crippen molar-refractivity contribution in [3.05, 3.63) is 83.3 Å². The smallest absolute Gasteiger partial charge is 0.268 e. The first kappa shape index (κ1) is 16.7. The Bertz CT molecular complexity index is 983. The van der Waals surface area contributed by atoms with Gasteiger partial charge in [-0.15, -0.1) is 0 Å². The highest BCUT2D eigenvalue weighted by Crippen LogP contribution is 2.35. The van der Waals surface area contributed by atoms with Crippen LogP contribution in [0.4, 0.5) is 5.69 Å². The highest BCUT2D eigenvalue weighted by atomic mass is 32.2. The van der Waals surface area contributed by atoms with Crippen LogP contribution in [0.1, 0.15) is 11.1 Å². The SMILES string of the molecule is O=C1/C(=C\c2cnn(Cc3ccccc3)c2)SC(=S)N1c1cccnc1. The minimum atomic E-state index is -0.135. The van der Waals surface area contributed by atoms with E-state index in [9.17, 15) is 4.79 Å². The molecule has 1 fully saturated rings.